The summed E-state index contributed by atoms with van der Waals surface area (Å²) < 4.78 is 16.7. The zero-order chi connectivity index (χ0) is 21.4. The van der Waals surface area contributed by atoms with E-state index in [1.807, 2.05) is 30.3 Å². The Morgan fingerprint density at radius 1 is 1.03 bits per heavy atom. The molecule has 1 aliphatic heterocycles. The highest BCUT2D eigenvalue weighted by molar-refractivity contribution is 5.87. The molecular weight excluding hydrogens is 386 g/mol. The topological polar surface area (TPSA) is 113 Å². The minimum Gasteiger partial charge on any atom is -0.486 e. The van der Waals surface area contributed by atoms with Crippen LogP contribution in [-0.2, 0) is 19.7 Å². The molecule has 8 nitrogen and oxygen atoms in total. The third-order valence-electron chi connectivity index (χ3n) is 5.61. The number of benzene rings is 1. The molecule has 0 unspecified atom stereocenters. The van der Waals surface area contributed by atoms with Gasteiger partial charge < -0.3 is 19.1 Å². The van der Waals surface area contributed by atoms with Crippen molar-refractivity contribution in [3.63, 3.8) is 0 Å². The molecule has 1 heterocycles. The SMILES string of the molecule is N#CCCN(CCC#N)C(=O)COC(=O)C1(c2ccc3c(c2)OCCO3)CCCC1. The van der Waals surface area contributed by atoms with Crippen molar-refractivity contribution in [1.82, 2.24) is 4.90 Å². The Morgan fingerprint density at radius 2 is 1.67 bits per heavy atom. The van der Waals surface area contributed by atoms with Gasteiger partial charge in [0.15, 0.2) is 18.1 Å². The molecule has 0 N–H and O–H groups in total. The summed E-state index contributed by atoms with van der Waals surface area (Å²) in [5, 5.41) is 17.5. The Labute approximate surface area is 175 Å². The molecule has 1 aromatic rings. The van der Waals surface area contributed by atoms with Gasteiger partial charge in [-0.1, -0.05) is 18.9 Å². The van der Waals surface area contributed by atoms with Gasteiger partial charge in [-0.05, 0) is 30.5 Å². The van der Waals surface area contributed by atoms with Crippen LogP contribution in [0.3, 0.4) is 0 Å². The summed E-state index contributed by atoms with van der Waals surface area (Å²) in [6, 6.07) is 9.49. The van der Waals surface area contributed by atoms with E-state index in [0.29, 0.717) is 37.6 Å². The summed E-state index contributed by atoms with van der Waals surface area (Å²) in [7, 11) is 0. The summed E-state index contributed by atoms with van der Waals surface area (Å²) >= 11 is 0. The first-order valence-corrected chi connectivity index (χ1v) is 10.2. The number of amides is 1. The number of ether oxygens (including phenoxy) is 3. The smallest absolute Gasteiger partial charge is 0.317 e. The van der Waals surface area contributed by atoms with Gasteiger partial charge in [-0.3, -0.25) is 9.59 Å². The second-order valence-electron chi connectivity index (χ2n) is 7.42. The summed E-state index contributed by atoms with van der Waals surface area (Å²) in [4.78, 5) is 27.0. The third-order valence-corrected chi connectivity index (χ3v) is 5.61. The van der Waals surface area contributed by atoms with Crippen molar-refractivity contribution in [1.29, 1.82) is 10.5 Å². The Balaban J connectivity index is 1.70. The zero-order valence-electron chi connectivity index (χ0n) is 16.9. The molecule has 1 amide bonds. The van der Waals surface area contributed by atoms with Crippen LogP contribution < -0.4 is 9.47 Å². The Kier molecular flexibility index (Phi) is 7.13. The molecule has 1 aliphatic carbocycles. The fourth-order valence-corrected chi connectivity index (χ4v) is 4.02. The molecule has 0 bridgehead atoms. The van der Waals surface area contributed by atoms with E-state index >= 15 is 0 Å². The Hall–Kier alpha value is -3.26. The first-order chi connectivity index (χ1) is 14.6. The van der Waals surface area contributed by atoms with Crippen LogP contribution in [0.1, 0.15) is 44.1 Å². The molecule has 0 aromatic heterocycles. The zero-order valence-corrected chi connectivity index (χ0v) is 16.9. The van der Waals surface area contributed by atoms with Gasteiger partial charge in [-0.15, -0.1) is 0 Å². The predicted octanol–water partition coefficient (Wildman–Crippen LogP) is 2.47. The first kappa shape index (κ1) is 21.4. The standard InChI is InChI=1S/C22H25N3O5/c23-9-3-11-25(12-4-10-24)20(26)16-30-21(27)22(7-1-2-8-22)17-5-6-18-19(15-17)29-14-13-28-18/h5-6,15H,1-4,7-8,11-14,16H2. The number of nitrogens with zero attached hydrogens (tertiary/aromatic N) is 3. The van der Waals surface area contributed by atoms with Gasteiger partial charge in [0, 0.05) is 13.1 Å². The highest BCUT2D eigenvalue weighted by atomic mass is 16.6. The molecule has 8 heteroatoms. The van der Waals surface area contributed by atoms with E-state index < -0.39 is 23.9 Å². The van der Waals surface area contributed by atoms with Gasteiger partial charge >= 0.3 is 5.97 Å². The molecule has 0 spiro atoms. The van der Waals surface area contributed by atoms with E-state index in [4.69, 9.17) is 24.7 Å². The maximum Gasteiger partial charge on any atom is 0.317 e. The molecule has 0 atom stereocenters. The van der Waals surface area contributed by atoms with E-state index in [9.17, 15) is 9.59 Å². The quantitative estimate of drug-likeness (QED) is 0.604. The average Bonchev–Trinajstić information content (AvgIpc) is 3.28. The van der Waals surface area contributed by atoms with Gasteiger partial charge in [-0.2, -0.15) is 10.5 Å². The first-order valence-electron chi connectivity index (χ1n) is 10.2. The summed E-state index contributed by atoms with van der Waals surface area (Å²) in [5.74, 6) is 0.454. The van der Waals surface area contributed by atoms with Crippen LogP contribution in [0, 0.1) is 22.7 Å². The lowest BCUT2D eigenvalue weighted by Gasteiger charge is -2.29. The second-order valence-corrected chi connectivity index (χ2v) is 7.42. The highest BCUT2D eigenvalue weighted by Gasteiger charge is 2.45. The van der Waals surface area contributed by atoms with Gasteiger partial charge in [-0.25, -0.2) is 0 Å². The predicted molar refractivity (Wildman–Crippen MR) is 106 cm³/mol. The maximum atomic E-state index is 13.1. The van der Waals surface area contributed by atoms with Crippen LogP contribution >= 0.6 is 0 Å². The molecule has 3 rings (SSSR count). The molecule has 1 fully saturated rings. The van der Waals surface area contributed by atoms with Crippen LogP contribution in [0.15, 0.2) is 18.2 Å². The number of fused-ring (bicyclic) bond motifs is 1. The maximum absolute atomic E-state index is 13.1. The van der Waals surface area contributed by atoms with E-state index in [-0.39, 0.29) is 25.9 Å². The lowest BCUT2D eigenvalue weighted by Crippen LogP contribution is -2.40. The van der Waals surface area contributed by atoms with E-state index in [1.54, 1.807) is 0 Å². The fourth-order valence-electron chi connectivity index (χ4n) is 4.02. The van der Waals surface area contributed by atoms with E-state index in [2.05, 4.69) is 0 Å². The van der Waals surface area contributed by atoms with Gasteiger partial charge in [0.25, 0.3) is 5.91 Å². The number of nitriles is 2. The van der Waals surface area contributed by atoms with Crippen molar-refractivity contribution in [3.05, 3.63) is 23.8 Å². The number of carbonyl (C=O) groups is 2. The number of hydrogen-bond donors (Lipinski definition) is 0. The normalized spacial score (nSPS) is 16.2. The molecule has 158 valence electrons. The van der Waals surface area contributed by atoms with Gasteiger partial charge in [0.2, 0.25) is 0 Å². The minimum atomic E-state index is -0.805. The molecular formula is C22H25N3O5. The minimum absolute atomic E-state index is 0.159. The summed E-state index contributed by atoms with van der Waals surface area (Å²) in [6.45, 7) is 0.977. The number of rotatable bonds is 8. The van der Waals surface area contributed by atoms with Gasteiger partial charge in [0.05, 0.1) is 30.4 Å². The van der Waals surface area contributed by atoms with E-state index in [0.717, 1.165) is 18.4 Å². The van der Waals surface area contributed by atoms with Crippen LogP contribution in [-0.4, -0.2) is 49.7 Å². The number of hydrogen-bond acceptors (Lipinski definition) is 7. The Bertz CT molecular complexity index is 847. The number of carbonyl (C=O) groups excluding carboxylic acids is 2. The second kappa shape index (κ2) is 9.98. The fraction of sp³-hybridized carbons (Fsp3) is 0.545. The van der Waals surface area contributed by atoms with Crippen molar-refractivity contribution in [3.8, 4) is 23.6 Å². The third kappa shape index (κ3) is 4.65. The molecule has 0 saturated heterocycles. The van der Waals surface area contributed by atoms with Crippen molar-refractivity contribution in [2.45, 2.75) is 43.9 Å². The average molecular weight is 411 g/mol. The Morgan fingerprint density at radius 3 is 2.30 bits per heavy atom. The van der Waals surface area contributed by atoms with Crippen molar-refractivity contribution in [2.24, 2.45) is 0 Å². The van der Waals surface area contributed by atoms with Crippen molar-refractivity contribution >= 4 is 11.9 Å². The monoisotopic (exact) mass is 411 g/mol. The lowest BCUT2D eigenvalue weighted by atomic mass is 9.78. The molecule has 1 saturated carbocycles. The van der Waals surface area contributed by atoms with Crippen LogP contribution in [0.4, 0.5) is 0 Å². The van der Waals surface area contributed by atoms with Crippen molar-refractivity contribution in [2.75, 3.05) is 32.9 Å². The molecule has 2 aliphatic rings. The largest absolute Gasteiger partial charge is 0.486 e. The van der Waals surface area contributed by atoms with Crippen LogP contribution in [0.25, 0.3) is 0 Å². The van der Waals surface area contributed by atoms with E-state index in [1.165, 1.54) is 4.90 Å². The molecule has 30 heavy (non-hydrogen) atoms. The number of esters is 1. The highest BCUT2D eigenvalue weighted by Crippen LogP contribution is 2.45. The summed E-state index contributed by atoms with van der Waals surface area (Å²) in [5.41, 5.74) is 0.00721. The lowest BCUT2D eigenvalue weighted by molar-refractivity contribution is -0.157. The van der Waals surface area contributed by atoms with Crippen LogP contribution in [0.5, 0.6) is 11.5 Å². The molecule has 1 aromatic carbocycles. The van der Waals surface area contributed by atoms with Gasteiger partial charge in [0.1, 0.15) is 13.2 Å². The van der Waals surface area contributed by atoms with Crippen LogP contribution in [0.2, 0.25) is 0 Å². The summed E-state index contributed by atoms with van der Waals surface area (Å²) in [6.07, 6.45) is 3.40. The molecule has 0 radical (unpaired) electrons. The van der Waals surface area contributed by atoms with Crippen molar-refractivity contribution < 1.29 is 23.8 Å².